The summed E-state index contributed by atoms with van der Waals surface area (Å²) >= 11 is 0.613. The fraction of sp³-hybridized carbons (Fsp3) is 0. The van der Waals surface area contributed by atoms with Crippen LogP contribution in [0.25, 0.3) is 0 Å². The molecule has 0 saturated heterocycles. The standard InChI is InChI=1S/C7H5NO4S/c9-7(10)13-6-3-1-5(2-4-6)8(11)12/h1-4H,(H,9,10). The van der Waals surface area contributed by atoms with Crippen LogP contribution in [0.15, 0.2) is 29.2 Å². The minimum absolute atomic E-state index is 0.0465. The molecule has 1 rings (SSSR count). The third-order valence-electron chi connectivity index (χ3n) is 1.25. The Morgan fingerprint density at radius 1 is 1.38 bits per heavy atom. The summed E-state index contributed by atoms with van der Waals surface area (Å²) in [5.41, 5.74) is -0.0465. The molecule has 1 N–H and O–H groups in total. The van der Waals surface area contributed by atoms with Crippen LogP contribution in [-0.4, -0.2) is 15.3 Å². The van der Waals surface area contributed by atoms with Gasteiger partial charge in [-0.3, -0.25) is 10.1 Å². The van der Waals surface area contributed by atoms with Gasteiger partial charge in [0.15, 0.2) is 0 Å². The summed E-state index contributed by atoms with van der Waals surface area (Å²) in [5, 5.41) is 17.6. The molecule has 1 aromatic rings. The van der Waals surface area contributed by atoms with E-state index in [1.54, 1.807) is 0 Å². The van der Waals surface area contributed by atoms with Gasteiger partial charge in [-0.05, 0) is 23.9 Å². The summed E-state index contributed by atoms with van der Waals surface area (Å²) in [4.78, 5) is 20.4. The molecular weight excluding hydrogens is 194 g/mol. The van der Waals surface area contributed by atoms with E-state index in [-0.39, 0.29) is 5.69 Å². The van der Waals surface area contributed by atoms with E-state index in [0.29, 0.717) is 16.7 Å². The summed E-state index contributed by atoms with van der Waals surface area (Å²) in [7, 11) is 0. The molecule has 0 bridgehead atoms. The van der Waals surface area contributed by atoms with Crippen molar-refractivity contribution in [3.05, 3.63) is 34.4 Å². The number of nitro groups is 1. The molecule has 0 radical (unpaired) electrons. The van der Waals surface area contributed by atoms with E-state index in [2.05, 4.69) is 0 Å². The number of hydrogen-bond acceptors (Lipinski definition) is 4. The van der Waals surface area contributed by atoms with Gasteiger partial charge in [-0.25, -0.2) is 4.79 Å². The molecule has 0 fully saturated rings. The Labute approximate surface area is 77.5 Å². The number of benzene rings is 1. The Kier molecular flexibility index (Phi) is 2.86. The lowest BCUT2D eigenvalue weighted by molar-refractivity contribution is -0.384. The zero-order valence-corrected chi connectivity index (χ0v) is 7.15. The average Bonchev–Trinajstić information content (AvgIpc) is 2.04. The lowest BCUT2D eigenvalue weighted by Crippen LogP contribution is -1.87. The molecule has 0 unspecified atom stereocenters. The second kappa shape index (κ2) is 3.90. The second-order valence-electron chi connectivity index (χ2n) is 2.12. The van der Waals surface area contributed by atoms with Crippen LogP contribution >= 0.6 is 11.8 Å². The Morgan fingerprint density at radius 3 is 2.31 bits per heavy atom. The molecule has 6 heteroatoms. The summed E-state index contributed by atoms with van der Waals surface area (Å²) in [6.07, 6.45) is 0. The first kappa shape index (κ1) is 9.53. The molecule has 0 saturated carbocycles. The summed E-state index contributed by atoms with van der Waals surface area (Å²) in [5.74, 6) is 0. The van der Waals surface area contributed by atoms with E-state index in [1.807, 2.05) is 0 Å². The smallest absolute Gasteiger partial charge is 0.369 e. The van der Waals surface area contributed by atoms with Crippen LogP contribution in [0, 0.1) is 10.1 Å². The van der Waals surface area contributed by atoms with Gasteiger partial charge in [0, 0.05) is 17.0 Å². The number of carbonyl (C=O) groups is 1. The summed E-state index contributed by atoms with van der Waals surface area (Å²) in [6, 6.07) is 5.34. The van der Waals surface area contributed by atoms with Crippen LogP contribution in [0.4, 0.5) is 10.5 Å². The highest BCUT2D eigenvalue weighted by Gasteiger charge is 2.06. The number of rotatable bonds is 2. The molecular formula is C7H5NO4S. The molecule has 0 heterocycles. The molecule has 0 spiro atoms. The van der Waals surface area contributed by atoms with Crippen molar-refractivity contribution in [3.8, 4) is 0 Å². The SMILES string of the molecule is O=C(O)Sc1ccc([N+](=O)[O-])cc1. The van der Waals surface area contributed by atoms with E-state index in [1.165, 1.54) is 24.3 Å². The number of thioether (sulfide) groups is 1. The molecule has 68 valence electrons. The predicted molar refractivity (Wildman–Crippen MR) is 47.0 cm³/mol. The molecule has 0 aromatic heterocycles. The average molecular weight is 199 g/mol. The van der Waals surface area contributed by atoms with Gasteiger partial charge < -0.3 is 5.11 Å². The Hall–Kier alpha value is -1.56. The molecule has 0 aliphatic heterocycles. The minimum atomic E-state index is -1.03. The first-order valence-corrected chi connectivity index (χ1v) is 4.06. The van der Waals surface area contributed by atoms with E-state index >= 15 is 0 Å². The Morgan fingerprint density at radius 2 is 1.92 bits per heavy atom. The van der Waals surface area contributed by atoms with E-state index in [0.717, 1.165) is 0 Å². The van der Waals surface area contributed by atoms with Gasteiger partial charge in [-0.1, -0.05) is 0 Å². The highest BCUT2D eigenvalue weighted by Crippen LogP contribution is 2.21. The molecule has 0 amide bonds. The van der Waals surface area contributed by atoms with Gasteiger partial charge in [0.25, 0.3) is 5.69 Å². The zero-order valence-electron chi connectivity index (χ0n) is 6.34. The lowest BCUT2D eigenvalue weighted by atomic mass is 10.3. The fourth-order valence-corrected chi connectivity index (χ4v) is 1.21. The van der Waals surface area contributed by atoms with E-state index in [9.17, 15) is 14.9 Å². The van der Waals surface area contributed by atoms with Gasteiger partial charge in [-0.15, -0.1) is 0 Å². The van der Waals surface area contributed by atoms with Crippen molar-refractivity contribution in [2.45, 2.75) is 4.90 Å². The van der Waals surface area contributed by atoms with Crippen molar-refractivity contribution in [1.82, 2.24) is 0 Å². The minimum Gasteiger partial charge on any atom is -0.473 e. The van der Waals surface area contributed by atoms with Gasteiger partial charge in [0.05, 0.1) is 4.92 Å². The monoisotopic (exact) mass is 199 g/mol. The van der Waals surface area contributed by atoms with Gasteiger partial charge >= 0.3 is 5.30 Å². The van der Waals surface area contributed by atoms with E-state index in [4.69, 9.17) is 5.11 Å². The van der Waals surface area contributed by atoms with Crippen LogP contribution < -0.4 is 0 Å². The highest BCUT2D eigenvalue weighted by molar-refractivity contribution is 8.13. The molecule has 0 atom stereocenters. The Bertz CT molecular complexity index is 335. The maximum atomic E-state index is 10.2. The predicted octanol–water partition coefficient (Wildman–Crippen LogP) is 2.36. The quantitative estimate of drug-likeness (QED) is 0.449. The highest BCUT2D eigenvalue weighted by atomic mass is 32.2. The number of nitrogens with zero attached hydrogens (tertiary/aromatic N) is 1. The summed E-state index contributed by atoms with van der Waals surface area (Å²) in [6.45, 7) is 0. The number of carboxylic acid groups (broad SMARTS) is 1. The first-order chi connectivity index (χ1) is 6.09. The number of nitro benzene ring substituents is 1. The van der Waals surface area contributed by atoms with E-state index < -0.39 is 10.2 Å². The van der Waals surface area contributed by atoms with Crippen LogP contribution in [-0.2, 0) is 0 Å². The van der Waals surface area contributed by atoms with Crippen LogP contribution in [0.5, 0.6) is 0 Å². The van der Waals surface area contributed by atoms with Crippen LogP contribution in [0.3, 0.4) is 0 Å². The number of hydrogen-bond donors (Lipinski definition) is 1. The maximum Gasteiger partial charge on any atom is 0.369 e. The van der Waals surface area contributed by atoms with Crippen molar-refractivity contribution in [2.24, 2.45) is 0 Å². The van der Waals surface area contributed by atoms with Gasteiger partial charge in [-0.2, -0.15) is 0 Å². The third-order valence-corrected chi connectivity index (χ3v) is 1.94. The molecule has 13 heavy (non-hydrogen) atoms. The second-order valence-corrected chi connectivity index (χ2v) is 3.14. The summed E-state index contributed by atoms with van der Waals surface area (Å²) < 4.78 is 0. The molecule has 0 aliphatic carbocycles. The van der Waals surface area contributed by atoms with Gasteiger partial charge in [0.2, 0.25) is 0 Å². The number of non-ortho nitro benzene ring substituents is 1. The normalized spacial score (nSPS) is 9.54. The third kappa shape index (κ3) is 2.75. The van der Waals surface area contributed by atoms with Crippen molar-refractivity contribution in [3.63, 3.8) is 0 Å². The van der Waals surface area contributed by atoms with Crippen molar-refractivity contribution >= 4 is 22.8 Å². The van der Waals surface area contributed by atoms with Crippen LogP contribution in [0.1, 0.15) is 0 Å². The van der Waals surface area contributed by atoms with Crippen molar-refractivity contribution in [2.75, 3.05) is 0 Å². The lowest BCUT2D eigenvalue weighted by Gasteiger charge is -1.94. The first-order valence-electron chi connectivity index (χ1n) is 3.25. The molecule has 1 aromatic carbocycles. The molecule has 5 nitrogen and oxygen atoms in total. The largest absolute Gasteiger partial charge is 0.473 e. The Balaban J connectivity index is 2.81. The zero-order chi connectivity index (χ0) is 9.84. The van der Waals surface area contributed by atoms with Crippen molar-refractivity contribution < 1.29 is 14.8 Å². The molecule has 0 aliphatic rings. The van der Waals surface area contributed by atoms with Crippen LogP contribution in [0.2, 0.25) is 0 Å². The van der Waals surface area contributed by atoms with Crippen molar-refractivity contribution in [1.29, 1.82) is 0 Å². The van der Waals surface area contributed by atoms with Gasteiger partial charge in [0.1, 0.15) is 0 Å². The fourth-order valence-electron chi connectivity index (χ4n) is 0.737. The topological polar surface area (TPSA) is 80.4 Å². The maximum absolute atomic E-state index is 10.2.